The van der Waals surface area contributed by atoms with Gasteiger partial charge in [0.2, 0.25) is 0 Å². The molecule has 1 aromatic heterocycles. The first-order chi connectivity index (χ1) is 10.1. The average Bonchev–Trinajstić information content (AvgIpc) is 2.83. The first-order valence-electron chi connectivity index (χ1n) is 7.71. The van der Waals surface area contributed by atoms with E-state index in [4.69, 9.17) is 4.42 Å². The third-order valence-electron chi connectivity index (χ3n) is 3.62. The van der Waals surface area contributed by atoms with Gasteiger partial charge in [0.1, 0.15) is 11.5 Å². The van der Waals surface area contributed by atoms with Crippen molar-refractivity contribution in [1.29, 1.82) is 0 Å². The molecule has 1 heterocycles. The van der Waals surface area contributed by atoms with E-state index in [1.807, 2.05) is 13.0 Å². The molecule has 1 N–H and O–H groups in total. The van der Waals surface area contributed by atoms with Crippen LogP contribution < -0.4 is 10.2 Å². The van der Waals surface area contributed by atoms with Crippen LogP contribution in [0.3, 0.4) is 0 Å². The molecule has 0 amide bonds. The number of hydrogen-bond donors (Lipinski definition) is 1. The van der Waals surface area contributed by atoms with Gasteiger partial charge in [-0.15, -0.1) is 0 Å². The first kappa shape index (κ1) is 15.6. The number of aryl methyl sites for hydroxylation is 1. The first-order valence-corrected chi connectivity index (χ1v) is 7.71. The SMILES string of the molecule is CCN(Cc1cc(CNC(C)C)c(C)o1)c1ccccc1. The van der Waals surface area contributed by atoms with E-state index in [0.29, 0.717) is 6.04 Å². The van der Waals surface area contributed by atoms with Gasteiger partial charge in [-0.1, -0.05) is 32.0 Å². The van der Waals surface area contributed by atoms with Gasteiger partial charge < -0.3 is 14.6 Å². The second kappa shape index (κ2) is 7.32. The van der Waals surface area contributed by atoms with Gasteiger partial charge in [-0.05, 0) is 32.0 Å². The van der Waals surface area contributed by atoms with Crippen molar-refractivity contribution in [1.82, 2.24) is 5.32 Å². The van der Waals surface area contributed by atoms with Crippen LogP contribution >= 0.6 is 0 Å². The van der Waals surface area contributed by atoms with Gasteiger partial charge in [0.25, 0.3) is 0 Å². The molecule has 0 saturated heterocycles. The summed E-state index contributed by atoms with van der Waals surface area (Å²) in [6, 6.07) is 13.1. The van der Waals surface area contributed by atoms with E-state index in [9.17, 15) is 0 Å². The summed E-state index contributed by atoms with van der Waals surface area (Å²) in [4.78, 5) is 2.32. The molecule has 0 atom stereocenters. The summed E-state index contributed by atoms with van der Waals surface area (Å²) in [6.45, 7) is 11.2. The molecular formula is C18H26N2O. The Morgan fingerprint density at radius 1 is 1.19 bits per heavy atom. The van der Waals surface area contributed by atoms with Gasteiger partial charge in [-0.3, -0.25) is 0 Å². The summed E-state index contributed by atoms with van der Waals surface area (Å²) in [5.74, 6) is 2.04. The van der Waals surface area contributed by atoms with Gasteiger partial charge in [0.15, 0.2) is 0 Å². The van der Waals surface area contributed by atoms with Crippen molar-refractivity contribution < 1.29 is 4.42 Å². The maximum atomic E-state index is 5.92. The number of benzene rings is 1. The number of nitrogens with zero attached hydrogens (tertiary/aromatic N) is 1. The lowest BCUT2D eigenvalue weighted by atomic mass is 10.2. The maximum absolute atomic E-state index is 5.92. The minimum absolute atomic E-state index is 0.485. The lowest BCUT2D eigenvalue weighted by Crippen LogP contribution is -2.22. The van der Waals surface area contributed by atoms with Crippen LogP contribution in [-0.4, -0.2) is 12.6 Å². The molecule has 0 radical (unpaired) electrons. The predicted octanol–water partition coefficient (Wildman–Crippen LogP) is 4.11. The number of nitrogens with one attached hydrogen (secondary N) is 1. The molecule has 0 aliphatic heterocycles. The summed E-state index contributed by atoms with van der Waals surface area (Å²) in [7, 11) is 0. The molecule has 0 bridgehead atoms. The van der Waals surface area contributed by atoms with E-state index in [1.165, 1.54) is 11.3 Å². The van der Waals surface area contributed by atoms with Crippen molar-refractivity contribution in [3.8, 4) is 0 Å². The second-order valence-electron chi connectivity index (χ2n) is 5.68. The molecule has 21 heavy (non-hydrogen) atoms. The number of furan rings is 1. The quantitative estimate of drug-likeness (QED) is 0.830. The van der Waals surface area contributed by atoms with E-state index < -0.39 is 0 Å². The van der Waals surface area contributed by atoms with Crippen molar-refractivity contribution in [3.05, 3.63) is 53.5 Å². The van der Waals surface area contributed by atoms with Crippen LogP contribution in [0.15, 0.2) is 40.8 Å². The molecule has 0 aliphatic rings. The Morgan fingerprint density at radius 2 is 1.90 bits per heavy atom. The summed E-state index contributed by atoms with van der Waals surface area (Å²) in [5, 5.41) is 3.44. The van der Waals surface area contributed by atoms with Crippen LogP contribution in [-0.2, 0) is 13.1 Å². The lowest BCUT2D eigenvalue weighted by Gasteiger charge is -2.21. The standard InChI is InChI=1S/C18H26N2O/c1-5-20(17-9-7-6-8-10-17)13-18-11-16(15(4)21-18)12-19-14(2)3/h6-11,14,19H,5,12-13H2,1-4H3. The fourth-order valence-corrected chi connectivity index (χ4v) is 2.37. The Kier molecular flexibility index (Phi) is 5.45. The fourth-order valence-electron chi connectivity index (χ4n) is 2.37. The van der Waals surface area contributed by atoms with Crippen molar-refractivity contribution in [3.63, 3.8) is 0 Å². The molecule has 0 aliphatic carbocycles. The van der Waals surface area contributed by atoms with Gasteiger partial charge >= 0.3 is 0 Å². The van der Waals surface area contributed by atoms with Gasteiger partial charge in [0, 0.05) is 30.4 Å². The van der Waals surface area contributed by atoms with Crippen LogP contribution in [0.4, 0.5) is 5.69 Å². The largest absolute Gasteiger partial charge is 0.464 e. The number of hydrogen-bond acceptors (Lipinski definition) is 3. The van der Waals surface area contributed by atoms with Gasteiger partial charge in [0.05, 0.1) is 6.54 Å². The average molecular weight is 286 g/mol. The number of rotatable bonds is 7. The Hall–Kier alpha value is -1.74. The Balaban J connectivity index is 2.06. The topological polar surface area (TPSA) is 28.4 Å². The normalized spacial score (nSPS) is 11.1. The highest BCUT2D eigenvalue weighted by Gasteiger charge is 2.11. The van der Waals surface area contributed by atoms with E-state index in [2.05, 4.69) is 61.3 Å². The van der Waals surface area contributed by atoms with Gasteiger partial charge in [-0.2, -0.15) is 0 Å². The summed E-state index contributed by atoms with van der Waals surface area (Å²) >= 11 is 0. The van der Waals surface area contributed by atoms with E-state index in [0.717, 1.165) is 31.2 Å². The fraction of sp³-hybridized carbons (Fsp3) is 0.444. The molecular weight excluding hydrogens is 260 g/mol. The molecule has 0 saturated carbocycles. The third-order valence-corrected chi connectivity index (χ3v) is 3.62. The predicted molar refractivity (Wildman–Crippen MR) is 88.6 cm³/mol. The monoisotopic (exact) mass is 286 g/mol. The lowest BCUT2D eigenvalue weighted by molar-refractivity contribution is 0.473. The highest BCUT2D eigenvalue weighted by Crippen LogP contribution is 2.20. The molecule has 0 spiro atoms. The minimum atomic E-state index is 0.485. The zero-order valence-corrected chi connectivity index (χ0v) is 13.5. The molecule has 2 aromatic rings. The van der Waals surface area contributed by atoms with Crippen molar-refractivity contribution in [2.24, 2.45) is 0 Å². The Bertz CT molecular complexity index is 546. The van der Waals surface area contributed by atoms with Gasteiger partial charge in [-0.25, -0.2) is 0 Å². The Labute approximate surface area is 128 Å². The zero-order valence-electron chi connectivity index (χ0n) is 13.5. The van der Waals surface area contributed by atoms with E-state index in [-0.39, 0.29) is 0 Å². The molecule has 3 heteroatoms. The zero-order chi connectivity index (χ0) is 15.2. The number of anilines is 1. The molecule has 0 unspecified atom stereocenters. The molecule has 1 aromatic carbocycles. The highest BCUT2D eigenvalue weighted by atomic mass is 16.3. The molecule has 0 fully saturated rings. The summed E-state index contributed by atoms with van der Waals surface area (Å²) in [6.07, 6.45) is 0. The maximum Gasteiger partial charge on any atom is 0.123 e. The minimum Gasteiger partial charge on any atom is -0.464 e. The van der Waals surface area contributed by atoms with Crippen LogP contribution in [0.2, 0.25) is 0 Å². The molecule has 114 valence electrons. The highest BCUT2D eigenvalue weighted by molar-refractivity contribution is 5.46. The van der Waals surface area contributed by atoms with E-state index >= 15 is 0 Å². The number of para-hydroxylation sites is 1. The third kappa shape index (κ3) is 4.36. The van der Waals surface area contributed by atoms with Crippen LogP contribution in [0, 0.1) is 6.92 Å². The van der Waals surface area contributed by atoms with Crippen molar-refractivity contribution >= 4 is 5.69 Å². The van der Waals surface area contributed by atoms with Crippen LogP contribution in [0.1, 0.15) is 37.9 Å². The summed E-state index contributed by atoms with van der Waals surface area (Å²) in [5.41, 5.74) is 2.48. The van der Waals surface area contributed by atoms with Crippen LogP contribution in [0.25, 0.3) is 0 Å². The Morgan fingerprint density at radius 3 is 2.52 bits per heavy atom. The molecule has 2 rings (SSSR count). The van der Waals surface area contributed by atoms with Crippen LogP contribution in [0.5, 0.6) is 0 Å². The van der Waals surface area contributed by atoms with E-state index in [1.54, 1.807) is 0 Å². The molecule has 3 nitrogen and oxygen atoms in total. The summed E-state index contributed by atoms with van der Waals surface area (Å²) < 4.78 is 5.92. The smallest absolute Gasteiger partial charge is 0.123 e. The van der Waals surface area contributed by atoms with Crippen molar-refractivity contribution in [2.45, 2.75) is 46.8 Å². The van der Waals surface area contributed by atoms with Crippen molar-refractivity contribution in [2.75, 3.05) is 11.4 Å². The second-order valence-corrected chi connectivity index (χ2v) is 5.68.